The summed E-state index contributed by atoms with van der Waals surface area (Å²) >= 11 is 0. The van der Waals surface area contributed by atoms with Gasteiger partial charge in [0, 0.05) is 36.1 Å². The molecule has 0 unspecified atom stereocenters. The summed E-state index contributed by atoms with van der Waals surface area (Å²) in [5, 5.41) is 9.72. The molecule has 1 saturated heterocycles. The molecule has 2 aliphatic rings. The highest BCUT2D eigenvalue weighted by molar-refractivity contribution is 6.04. The molecule has 12 heteroatoms. The number of hydrogen-bond donors (Lipinski definition) is 2. The normalized spacial score (nSPS) is 16.1. The van der Waals surface area contributed by atoms with Crippen molar-refractivity contribution in [2.24, 2.45) is 0 Å². The Morgan fingerprint density at radius 3 is 2.61 bits per heavy atom. The van der Waals surface area contributed by atoms with Gasteiger partial charge in [-0.25, -0.2) is 18.6 Å². The molecule has 0 radical (unpaired) electrons. The number of anilines is 1. The Morgan fingerprint density at radius 1 is 1.16 bits per heavy atom. The lowest BCUT2D eigenvalue weighted by Gasteiger charge is -2.31. The number of nitrogen functional groups attached to an aromatic ring is 1. The molecule has 10 nitrogen and oxygen atoms in total. The first-order chi connectivity index (χ1) is 18.1. The fourth-order valence-electron chi connectivity index (χ4n) is 5.11. The summed E-state index contributed by atoms with van der Waals surface area (Å²) in [4.78, 5) is 44.1. The van der Waals surface area contributed by atoms with Crippen molar-refractivity contribution >= 4 is 39.7 Å². The summed E-state index contributed by atoms with van der Waals surface area (Å²) in [5.41, 5.74) is 6.80. The Balaban J connectivity index is 1.48. The fraction of sp³-hybridized carbons (Fsp3) is 0.308. The lowest BCUT2D eigenvalue weighted by atomic mass is 9.96. The van der Waals surface area contributed by atoms with Crippen LogP contribution >= 0.6 is 0 Å². The first-order valence-corrected chi connectivity index (χ1v) is 12.1. The Hall–Kier alpha value is -4.48. The molecule has 2 aromatic carbocycles. The van der Waals surface area contributed by atoms with Gasteiger partial charge in [0.05, 0.1) is 17.7 Å². The lowest BCUT2D eigenvalue weighted by molar-refractivity contribution is -0.136. The minimum absolute atomic E-state index is 0.0156. The van der Waals surface area contributed by atoms with Gasteiger partial charge in [-0.3, -0.25) is 14.5 Å². The Morgan fingerprint density at radius 2 is 1.92 bits per heavy atom. The van der Waals surface area contributed by atoms with Gasteiger partial charge < -0.3 is 24.7 Å². The molecule has 1 aliphatic carbocycles. The SMILES string of the molecule is Cc1c(-c2cc(F)c(N)cc2F)ccc2c3oc(CN4CCN(C(=O)O)CC4=O)nc3c(=O)n(C3CC3)c12. The van der Waals surface area contributed by atoms with Crippen molar-refractivity contribution in [2.75, 3.05) is 25.4 Å². The summed E-state index contributed by atoms with van der Waals surface area (Å²) < 4.78 is 36.7. The molecule has 196 valence electrons. The van der Waals surface area contributed by atoms with Crippen molar-refractivity contribution in [2.45, 2.75) is 32.4 Å². The van der Waals surface area contributed by atoms with E-state index in [1.807, 2.05) is 0 Å². The molecular weight excluding hydrogens is 500 g/mol. The number of aromatic nitrogens is 2. The van der Waals surface area contributed by atoms with Crippen LogP contribution in [0.2, 0.25) is 0 Å². The number of pyridine rings is 1. The number of rotatable bonds is 4. The number of amides is 2. The summed E-state index contributed by atoms with van der Waals surface area (Å²) in [5.74, 6) is -1.66. The van der Waals surface area contributed by atoms with Gasteiger partial charge in [-0.1, -0.05) is 6.07 Å². The highest BCUT2D eigenvalue weighted by atomic mass is 19.1. The largest absolute Gasteiger partial charge is 0.465 e. The van der Waals surface area contributed by atoms with Gasteiger partial charge >= 0.3 is 6.09 Å². The Kier molecular flexibility index (Phi) is 5.37. The van der Waals surface area contributed by atoms with Gasteiger partial charge in [0.15, 0.2) is 11.1 Å². The number of benzene rings is 2. The molecule has 3 heterocycles. The molecule has 0 atom stereocenters. The zero-order valence-electron chi connectivity index (χ0n) is 20.3. The van der Waals surface area contributed by atoms with Crippen molar-refractivity contribution in [3.8, 4) is 11.1 Å². The van der Waals surface area contributed by atoms with Gasteiger partial charge in [0.25, 0.3) is 5.56 Å². The number of hydrogen-bond acceptors (Lipinski definition) is 6. The zero-order valence-corrected chi connectivity index (χ0v) is 20.3. The number of oxazole rings is 1. The monoisotopic (exact) mass is 523 g/mol. The van der Waals surface area contributed by atoms with Gasteiger partial charge in [-0.15, -0.1) is 0 Å². The van der Waals surface area contributed by atoms with E-state index in [1.54, 1.807) is 23.6 Å². The number of piperazine rings is 1. The second-order valence-corrected chi connectivity index (χ2v) is 9.70. The highest BCUT2D eigenvalue weighted by Crippen LogP contribution is 2.41. The first-order valence-electron chi connectivity index (χ1n) is 12.1. The lowest BCUT2D eigenvalue weighted by Crippen LogP contribution is -2.51. The minimum Gasteiger partial charge on any atom is -0.465 e. The van der Waals surface area contributed by atoms with E-state index in [4.69, 9.17) is 15.3 Å². The number of carbonyl (C=O) groups excluding carboxylic acids is 1. The van der Waals surface area contributed by atoms with Crippen LogP contribution in [-0.4, -0.2) is 56.1 Å². The maximum Gasteiger partial charge on any atom is 0.407 e. The third-order valence-electron chi connectivity index (χ3n) is 7.21. The second-order valence-electron chi connectivity index (χ2n) is 9.70. The molecule has 3 N–H and O–H groups in total. The molecule has 2 fully saturated rings. The third-order valence-corrected chi connectivity index (χ3v) is 7.21. The fourth-order valence-corrected chi connectivity index (χ4v) is 5.11. The Labute approximate surface area is 213 Å². The van der Waals surface area contributed by atoms with Crippen LogP contribution in [0.3, 0.4) is 0 Å². The van der Waals surface area contributed by atoms with Crippen molar-refractivity contribution in [1.29, 1.82) is 0 Å². The van der Waals surface area contributed by atoms with Gasteiger partial charge in [-0.2, -0.15) is 0 Å². The molecule has 2 amide bonds. The smallest absolute Gasteiger partial charge is 0.407 e. The Bertz CT molecular complexity index is 1730. The molecule has 2 aromatic heterocycles. The first kappa shape index (κ1) is 23.9. The maximum absolute atomic E-state index is 14.8. The number of aryl methyl sites for hydroxylation is 1. The van der Waals surface area contributed by atoms with Crippen LogP contribution in [-0.2, 0) is 11.3 Å². The molecular formula is C26H23F2N5O5. The maximum atomic E-state index is 14.8. The van der Waals surface area contributed by atoms with E-state index in [2.05, 4.69) is 4.98 Å². The summed E-state index contributed by atoms with van der Waals surface area (Å²) in [6.07, 6.45) is 0.424. The number of carbonyl (C=O) groups is 2. The van der Waals surface area contributed by atoms with E-state index in [0.29, 0.717) is 22.0 Å². The van der Waals surface area contributed by atoms with Gasteiger partial charge in [0.2, 0.25) is 11.8 Å². The predicted octanol–water partition coefficient (Wildman–Crippen LogP) is 3.64. The van der Waals surface area contributed by atoms with Crippen LogP contribution in [0, 0.1) is 18.6 Å². The quantitative estimate of drug-likeness (QED) is 0.390. The van der Waals surface area contributed by atoms with E-state index < -0.39 is 17.7 Å². The summed E-state index contributed by atoms with van der Waals surface area (Å²) in [7, 11) is 0. The number of halogens is 2. The molecule has 6 rings (SSSR count). The van der Waals surface area contributed by atoms with Gasteiger partial charge in [0.1, 0.15) is 18.2 Å². The molecule has 1 aliphatic heterocycles. The molecule has 0 spiro atoms. The van der Waals surface area contributed by atoms with Crippen LogP contribution < -0.4 is 11.3 Å². The third kappa shape index (κ3) is 3.75. The predicted molar refractivity (Wildman–Crippen MR) is 134 cm³/mol. The number of carboxylic acid groups (broad SMARTS) is 1. The number of nitrogens with two attached hydrogens (primary N) is 1. The topological polar surface area (TPSA) is 135 Å². The molecule has 1 saturated carbocycles. The van der Waals surface area contributed by atoms with Crippen molar-refractivity contribution in [3.05, 3.63) is 57.7 Å². The van der Waals surface area contributed by atoms with Crippen molar-refractivity contribution in [1.82, 2.24) is 19.4 Å². The zero-order chi connectivity index (χ0) is 26.9. The molecule has 4 aromatic rings. The average Bonchev–Trinajstić information content (AvgIpc) is 3.62. The van der Waals surface area contributed by atoms with E-state index >= 15 is 0 Å². The summed E-state index contributed by atoms with van der Waals surface area (Å²) in [6.45, 7) is 1.79. The van der Waals surface area contributed by atoms with E-state index in [1.165, 1.54) is 4.90 Å². The minimum atomic E-state index is -1.16. The van der Waals surface area contributed by atoms with Crippen LogP contribution in [0.1, 0.15) is 30.3 Å². The molecule has 38 heavy (non-hydrogen) atoms. The van der Waals surface area contributed by atoms with Crippen LogP contribution in [0.15, 0.2) is 33.5 Å². The number of fused-ring (bicyclic) bond motifs is 3. The molecule has 0 bridgehead atoms. The average molecular weight is 523 g/mol. The van der Waals surface area contributed by atoms with Crippen LogP contribution in [0.5, 0.6) is 0 Å². The van der Waals surface area contributed by atoms with E-state index in [0.717, 1.165) is 29.9 Å². The van der Waals surface area contributed by atoms with E-state index in [9.17, 15) is 23.2 Å². The van der Waals surface area contributed by atoms with Crippen molar-refractivity contribution < 1.29 is 27.9 Å². The highest BCUT2D eigenvalue weighted by Gasteiger charge is 2.32. The van der Waals surface area contributed by atoms with Crippen LogP contribution in [0.4, 0.5) is 19.3 Å². The van der Waals surface area contributed by atoms with Gasteiger partial charge in [-0.05, 0) is 43.0 Å². The van der Waals surface area contributed by atoms with E-state index in [-0.39, 0.29) is 71.9 Å². The number of nitrogens with zero attached hydrogens (tertiary/aromatic N) is 4. The van der Waals surface area contributed by atoms with Crippen molar-refractivity contribution in [3.63, 3.8) is 0 Å². The van der Waals surface area contributed by atoms with Crippen LogP contribution in [0.25, 0.3) is 33.1 Å². The summed E-state index contributed by atoms with van der Waals surface area (Å²) in [6, 6.07) is 5.26. The standard InChI is InChI=1S/C26H23F2N5O5/c1-12-14(16-8-18(28)19(29)9-17(16)27)4-5-15-23(12)33(13-2-3-13)25(35)22-24(15)38-20(30-22)10-31-6-7-32(26(36)37)11-21(31)34/h4-5,8-9,13H,2-3,6-7,10-11,29H2,1H3,(H,36,37). The second kappa shape index (κ2) is 8.54.